The molecule has 8 heteroatoms. The number of carbonyl (C=O) groups is 1. The molecule has 3 aromatic heterocycles. The molecule has 0 spiro atoms. The molecule has 1 aliphatic carbocycles. The molecule has 164 valence electrons. The second-order valence-electron chi connectivity index (χ2n) is 8.33. The third-order valence-corrected chi connectivity index (χ3v) is 6.47. The third kappa shape index (κ3) is 3.66. The third-order valence-electron chi connectivity index (χ3n) is 6.47. The minimum atomic E-state index is -2.65. The Kier molecular flexibility index (Phi) is 5.20. The summed E-state index contributed by atoms with van der Waals surface area (Å²) in [5, 5.41) is 8.25. The van der Waals surface area contributed by atoms with Crippen molar-refractivity contribution in [2.24, 2.45) is 11.7 Å². The zero-order chi connectivity index (χ0) is 22.2. The van der Waals surface area contributed by atoms with Gasteiger partial charge in [0, 0.05) is 29.4 Å². The van der Waals surface area contributed by atoms with Crippen LogP contribution in [0.25, 0.3) is 27.8 Å². The summed E-state index contributed by atoms with van der Waals surface area (Å²) >= 11 is 0. The highest BCUT2D eigenvalue weighted by Gasteiger charge is 2.27. The number of primary amides is 1. The maximum atomic E-state index is 12.8. The molecule has 5 rings (SSSR count). The van der Waals surface area contributed by atoms with Crippen molar-refractivity contribution in [3.05, 3.63) is 66.7 Å². The standard InChI is InChI=1S/C24H23F2N5O/c25-24(26)31-14-19(12-28-31)15-3-5-17(6-4-15)21-13-29-30-11-1-2-20(22(21)30)16-7-9-18(10-8-16)23(27)32/h1-6,11-14,16,18,24H,7-10H2,(H2,27,32). The summed E-state index contributed by atoms with van der Waals surface area (Å²) < 4.78 is 28.2. The lowest BCUT2D eigenvalue weighted by atomic mass is 9.78. The van der Waals surface area contributed by atoms with E-state index in [4.69, 9.17) is 5.73 Å². The summed E-state index contributed by atoms with van der Waals surface area (Å²) in [4.78, 5) is 11.5. The number of nitrogens with two attached hydrogens (primary N) is 1. The van der Waals surface area contributed by atoms with Crippen LogP contribution in [0, 0.1) is 5.92 Å². The lowest BCUT2D eigenvalue weighted by molar-refractivity contribution is -0.122. The Morgan fingerprint density at radius 1 is 0.969 bits per heavy atom. The van der Waals surface area contributed by atoms with Gasteiger partial charge in [0.05, 0.1) is 17.9 Å². The molecular weight excluding hydrogens is 412 g/mol. The largest absolute Gasteiger partial charge is 0.369 e. The smallest absolute Gasteiger partial charge is 0.333 e. The minimum Gasteiger partial charge on any atom is -0.369 e. The molecule has 1 fully saturated rings. The number of hydrogen-bond acceptors (Lipinski definition) is 3. The number of benzene rings is 1. The van der Waals surface area contributed by atoms with Crippen molar-refractivity contribution >= 4 is 11.4 Å². The van der Waals surface area contributed by atoms with E-state index < -0.39 is 6.55 Å². The molecule has 0 aliphatic heterocycles. The Morgan fingerprint density at radius 2 is 1.69 bits per heavy atom. The van der Waals surface area contributed by atoms with Crippen molar-refractivity contribution < 1.29 is 13.6 Å². The molecule has 1 aromatic carbocycles. The first kappa shape index (κ1) is 20.4. The van der Waals surface area contributed by atoms with Crippen molar-refractivity contribution in [1.29, 1.82) is 0 Å². The zero-order valence-corrected chi connectivity index (χ0v) is 17.4. The molecule has 0 radical (unpaired) electrons. The lowest BCUT2D eigenvalue weighted by Crippen LogP contribution is -2.27. The first-order valence-corrected chi connectivity index (χ1v) is 10.7. The molecule has 32 heavy (non-hydrogen) atoms. The topological polar surface area (TPSA) is 78.2 Å². The van der Waals surface area contributed by atoms with Gasteiger partial charge in [0.1, 0.15) is 0 Å². The van der Waals surface area contributed by atoms with Crippen molar-refractivity contribution in [1.82, 2.24) is 19.4 Å². The number of carbonyl (C=O) groups excluding carboxylic acids is 1. The summed E-state index contributed by atoms with van der Waals surface area (Å²) in [6, 6.07) is 11.9. The molecule has 0 saturated heterocycles. The number of hydrogen-bond donors (Lipinski definition) is 1. The van der Waals surface area contributed by atoms with Crippen LogP contribution in [0.15, 0.2) is 61.2 Å². The molecule has 0 bridgehead atoms. The van der Waals surface area contributed by atoms with Gasteiger partial charge in [0.15, 0.2) is 0 Å². The summed E-state index contributed by atoms with van der Waals surface area (Å²) in [6.07, 6.45) is 10.0. The number of aromatic nitrogens is 4. The molecule has 2 N–H and O–H groups in total. The van der Waals surface area contributed by atoms with Crippen LogP contribution >= 0.6 is 0 Å². The summed E-state index contributed by atoms with van der Waals surface area (Å²) in [5.74, 6) is 0.118. The quantitative estimate of drug-likeness (QED) is 0.478. The number of nitrogens with zero attached hydrogens (tertiary/aromatic N) is 4. The summed E-state index contributed by atoms with van der Waals surface area (Å²) in [6.45, 7) is -2.65. The second-order valence-corrected chi connectivity index (χ2v) is 8.33. The van der Waals surface area contributed by atoms with Gasteiger partial charge in [-0.3, -0.25) is 4.79 Å². The van der Waals surface area contributed by atoms with E-state index in [-0.39, 0.29) is 11.8 Å². The number of halogens is 2. The van der Waals surface area contributed by atoms with Gasteiger partial charge < -0.3 is 5.73 Å². The van der Waals surface area contributed by atoms with Crippen LogP contribution in [0.4, 0.5) is 8.78 Å². The van der Waals surface area contributed by atoms with Crippen LogP contribution in [-0.4, -0.2) is 25.3 Å². The van der Waals surface area contributed by atoms with Crippen molar-refractivity contribution in [2.45, 2.75) is 38.2 Å². The second kappa shape index (κ2) is 8.18. The molecule has 3 heterocycles. The van der Waals surface area contributed by atoms with E-state index in [1.165, 1.54) is 18.0 Å². The van der Waals surface area contributed by atoms with E-state index in [0.717, 1.165) is 47.9 Å². The molecule has 6 nitrogen and oxygen atoms in total. The van der Waals surface area contributed by atoms with Crippen molar-refractivity contribution in [3.8, 4) is 22.3 Å². The SMILES string of the molecule is NC(=O)C1CCC(c2cccn3ncc(-c4ccc(-c5cnn(C(F)F)c5)cc4)c23)CC1. The Hall–Kier alpha value is -3.55. The van der Waals surface area contributed by atoms with Gasteiger partial charge in [-0.25, -0.2) is 9.20 Å². The average Bonchev–Trinajstić information content (AvgIpc) is 3.47. The fraction of sp³-hybridized carbons (Fsp3) is 0.292. The summed E-state index contributed by atoms with van der Waals surface area (Å²) in [5.41, 5.74) is 11.3. The van der Waals surface area contributed by atoms with Crippen LogP contribution in [0.3, 0.4) is 0 Å². The number of fused-ring (bicyclic) bond motifs is 1. The molecule has 1 saturated carbocycles. The number of alkyl halides is 2. The van der Waals surface area contributed by atoms with Crippen LogP contribution in [0.5, 0.6) is 0 Å². The van der Waals surface area contributed by atoms with E-state index in [1.54, 1.807) is 0 Å². The van der Waals surface area contributed by atoms with Crippen LogP contribution < -0.4 is 5.73 Å². The van der Waals surface area contributed by atoms with Crippen molar-refractivity contribution in [3.63, 3.8) is 0 Å². The molecule has 4 aromatic rings. The van der Waals surface area contributed by atoms with Crippen LogP contribution in [0.1, 0.15) is 43.7 Å². The van der Waals surface area contributed by atoms with Gasteiger partial charge in [-0.15, -0.1) is 0 Å². The predicted molar refractivity (Wildman–Crippen MR) is 117 cm³/mol. The Balaban J connectivity index is 1.46. The lowest BCUT2D eigenvalue weighted by Gasteiger charge is -2.27. The van der Waals surface area contributed by atoms with Gasteiger partial charge in [-0.2, -0.15) is 19.0 Å². The monoisotopic (exact) mass is 435 g/mol. The Morgan fingerprint density at radius 3 is 2.34 bits per heavy atom. The van der Waals surface area contributed by atoms with Gasteiger partial charge in [0.25, 0.3) is 0 Å². The van der Waals surface area contributed by atoms with Crippen LogP contribution in [0.2, 0.25) is 0 Å². The molecule has 1 amide bonds. The number of rotatable bonds is 5. The molecule has 1 aliphatic rings. The van der Waals surface area contributed by atoms with E-state index >= 15 is 0 Å². The fourth-order valence-electron chi connectivity index (χ4n) is 4.74. The summed E-state index contributed by atoms with van der Waals surface area (Å²) in [7, 11) is 0. The minimum absolute atomic E-state index is 0.0302. The first-order chi connectivity index (χ1) is 15.5. The fourth-order valence-corrected chi connectivity index (χ4v) is 4.74. The maximum Gasteiger partial charge on any atom is 0.333 e. The van der Waals surface area contributed by atoms with E-state index in [2.05, 4.69) is 16.3 Å². The van der Waals surface area contributed by atoms with Gasteiger partial charge in [-0.05, 0) is 54.4 Å². The average molecular weight is 435 g/mol. The Labute approximate surface area is 183 Å². The first-order valence-electron chi connectivity index (χ1n) is 10.7. The zero-order valence-electron chi connectivity index (χ0n) is 17.4. The van der Waals surface area contributed by atoms with Gasteiger partial charge >= 0.3 is 6.55 Å². The number of pyridine rings is 1. The van der Waals surface area contributed by atoms with E-state index in [0.29, 0.717) is 16.2 Å². The number of amides is 1. The Bertz CT molecular complexity index is 1250. The predicted octanol–water partition coefficient (Wildman–Crippen LogP) is 5.02. The van der Waals surface area contributed by atoms with E-state index in [9.17, 15) is 13.6 Å². The molecule has 0 unspecified atom stereocenters. The van der Waals surface area contributed by atoms with Crippen molar-refractivity contribution in [2.75, 3.05) is 0 Å². The maximum absolute atomic E-state index is 12.8. The highest BCUT2D eigenvalue weighted by atomic mass is 19.3. The highest BCUT2D eigenvalue weighted by molar-refractivity contribution is 5.84. The van der Waals surface area contributed by atoms with Crippen LogP contribution in [-0.2, 0) is 4.79 Å². The normalized spacial score (nSPS) is 19.0. The van der Waals surface area contributed by atoms with E-state index in [1.807, 2.05) is 47.2 Å². The highest BCUT2D eigenvalue weighted by Crippen LogP contribution is 2.40. The van der Waals surface area contributed by atoms with Gasteiger partial charge in [-0.1, -0.05) is 30.3 Å². The molecule has 0 atom stereocenters. The van der Waals surface area contributed by atoms with Gasteiger partial charge in [0.2, 0.25) is 5.91 Å². The molecular formula is C24H23F2N5O.